The molecular weight excluding hydrogens is 356 g/mol. The Labute approximate surface area is 171 Å². The Hall–Kier alpha value is -3.52. The van der Waals surface area contributed by atoms with Crippen LogP contribution >= 0.6 is 0 Å². The molecular formula is C27H24O2. The van der Waals surface area contributed by atoms with Crippen LogP contribution in [0.15, 0.2) is 91.0 Å². The predicted molar refractivity (Wildman–Crippen MR) is 120 cm³/mol. The smallest absolute Gasteiger partial charge is 0.123 e. The summed E-state index contributed by atoms with van der Waals surface area (Å²) in [6.07, 6.45) is 1.83. The Morgan fingerprint density at radius 3 is 1.86 bits per heavy atom. The molecule has 0 aliphatic carbocycles. The Morgan fingerprint density at radius 2 is 1.21 bits per heavy atom. The Morgan fingerprint density at radius 1 is 0.586 bits per heavy atom. The van der Waals surface area contributed by atoms with Crippen molar-refractivity contribution in [2.75, 3.05) is 0 Å². The minimum atomic E-state index is 0.263. The van der Waals surface area contributed by atoms with Gasteiger partial charge in [-0.3, -0.25) is 0 Å². The molecule has 0 heterocycles. The average molecular weight is 380 g/mol. The monoisotopic (exact) mass is 380 g/mol. The van der Waals surface area contributed by atoms with Gasteiger partial charge in [-0.15, -0.1) is 0 Å². The minimum Gasteiger partial charge on any atom is -0.507 e. The molecule has 2 N–H and O–H groups in total. The number of rotatable bonds is 5. The third kappa shape index (κ3) is 3.74. The zero-order chi connectivity index (χ0) is 20.2. The summed E-state index contributed by atoms with van der Waals surface area (Å²) in [6, 6.07) is 29.4. The highest BCUT2D eigenvalue weighted by Crippen LogP contribution is 2.41. The molecule has 4 aromatic carbocycles. The summed E-state index contributed by atoms with van der Waals surface area (Å²) >= 11 is 0. The van der Waals surface area contributed by atoms with Gasteiger partial charge in [0.25, 0.3) is 0 Å². The molecule has 0 radical (unpaired) electrons. The van der Waals surface area contributed by atoms with E-state index in [1.165, 1.54) is 0 Å². The highest BCUT2D eigenvalue weighted by Gasteiger charge is 2.16. The quantitative estimate of drug-likeness (QED) is 0.389. The molecule has 0 fully saturated rings. The molecule has 0 saturated carbocycles. The lowest BCUT2D eigenvalue weighted by Gasteiger charge is -2.18. The van der Waals surface area contributed by atoms with Gasteiger partial charge in [-0.2, -0.15) is 0 Å². The predicted octanol–water partition coefficient (Wildman–Crippen LogP) is 7.05. The van der Waals surface area contributed by atoms with Crippen LogP contribution in [-0.2, 0) is 6.42 Å². The van der Waals surface area contributed by atoms with Crippen LogP contribution in [0.25, 0.3) is 33.4 Å². The molecule has 0 bridgehead atoms. The van der Waals surface area contributed by atoms with Crippen molar-refractivity contribution in [1.82, 2.24) is 0 Å². The Kier molecular flexibility index (Phi) is 5.35. The molecule has 0 unspecified atom stereocenters. The van der Waals surface area contributed by atoms with Crippen LogP contribution in [0.4, 0.5) is 0 Å². The van der Waals surface area contributed by atoms with Crippen molar-refractivity contribution in [1.29, 1.82) is 0 Å². The van der Waals surface area contributed by atoms with E-state index in [1.54, 1.807) is 12.1 Å². The lowest BCUT2D eigenvalue weighted by molar-refractivity contribution is 0.476. The summed E-state index contributed by atoms with van der Waals surface area (Å²) in [5, 5.41) is 21.1. The van der Waals surface area contributed by atoms with Gasteiger partial charge in [-0.05, 0) is 52.4 Å². The van der Waals surface area contributed by atoms with Gasteiger partial charge in [0.2, 0.25) is 0 Å². The van der Waals surface area contributed by atoms with Crippen LogP contribution in [0.5, 0.6) is 11.5 Å². The molecule has 4 aromatic rings. The standard InChI is InChI=1S/C27H24O2/c1-2-9-23-22(15-17-26(29)27(23)20-12-7-4-8-13-20)21-14-16-25(28)24(18-21)19-10-5-3-6-11-19/h3-8,10-18,28-29H,2,9H2,1H3. The summed E-state index contributed by atoms with van der Waals surface area (Å²) in [5.74, 6) is 0.560. The molecule has 4 rings (SSSR count). The molecule has 0 aliphatic rings. The topological polar surface area (TPSA) is 40.5 Å². The van der Waals surface area contributed by atoms with Crippen molar-refractivity contribution < 1.29 is 10.2 Å². The summed E-state index contributed by atoms with van der Waals surface area (Å²) in [4.78, 5) is 0. The first-order valence-electron chi connectivity index (χ1n) is 9.98. The van der Waals surface area contributed by atoms with Gasteiger partial charge in [-0.1, -0.05) is 86.1 Å². The van der Waals surface area contributed by atoms with E-state index in [0.717, 1.165) is 51.8 Å². The summed E-state index contributed by atoms with van der Waals surface area (Å²) in [7, 11) is 0. The van der Waals surface area contributed by atoms with Crippen LogP contribution in [-0.4, -0.2) is 10.2 Å². The van der Waals surface area contributed by atoms with Crippen molar-refractivity contribution in [3.63, 3.8) is 0 Å². The number of phenolic OH excluding ortho intramolecular Hbond substituents is 2. The zero-order valence-corrected chi connectivity index (χ0v) is 16.5. The van der Waals surface area contributed by atoms with E-state index < -0.39 is 0 Å². The summed E-state index contributed by atoms with van der Waals surface area (Å²) in [5.41, 5.74) is 6.92. The first-order chi connectivity index (χ1) is 14.2. The fraction of sp³-hybridized carbons (Fsp3) is 0.111. The second-order valence-corrected chi connectivity index (χ2v) is 7.20. The second-order valence-electron chi connectivity index (χ2n) is 7.20. The normalized spacial score (nSPS) is 10.8. The van der Waals surface area contributed by atoms with Gasteiger partial charge in [0.05, 0.1) is 0 Å². The number of hydrogen-bond acceptors (Lipinski definition) is 2. The van der Waals surface area contributed by atoms with E-state index in [2.05, 4.69) is 6.92 Å². The molecule has 0 saturated heterocycles. The summed E-state index contributed by atoms with van der Waals surface area (Å²) in [6.45, 7) is 2.15. The lowest BCUT2D eigenvalue weighted by Crippen LogP contribution is -1.95. The average Bonchev–Trinajstić information content (AvgIpc) is 2.76. The van der Waals surface area contributed by atoms with Crippen LogP contribution in [0.3, 0.4) is 0 Å². The van der Waals surface area contributed by atoms with Crippen LogP contribution in [0.2, 0.25) is 0 Å². The second kappa shape index (κ2) is 8.24. The molecule has 0 amide bonds. The van der Waals surface area contributed by atoms with E-state index in [0.29, 0.717) is 5.75 Å². The molecule has 0 atom stereocenters. The maximum atomic E-state index is 10.7. The van der Waals surface area contributed by atoms with Gasteiger partial charge in [0.1, 0.15) is 11.5 Å². The van der Waals surface area contributed by atoms with E-state index >= 15 is 0 Å². The minimum absolute atomic E-state index is 0.263. The first-order valence-corrected chi connectivity index (χ1v) is 9.98. The van der Waals surface area contributed by atoms with Gasteiger partial charge in [0.15, 0.2) is 0 Å². The van der Waals surface area contributed by atoms with Crippen molar-refractivity contribution >= 4 is 0 Å². The van der Waals surface area contributed by atoms with Gasteiger partial charge < -0.3 is 10.2 Å². The van der Waals surface area contributed by atoms with Gasteiger partial charge >= 0.3 is 0 Å². The Balaban J connectivity index is 1.92. The van der Waals surface area contributed by atoms with E-state index in [1.807, 2.05) is 78.9 Å². The number of aromatic hydroxyl groups is 2. The molecule has 2 nitrogen and oxygen atoms in total. The van der Waals surface area contributed by atoms with Crippen molar-refractivity contribution in [3.05, 3.63) is 96.6 Å². The molecule has 0 spiro atoms. The van der Waals surface area contributed by atoms with Gasteiger partial charge in [-0.25, -0.2) is 0 Å². The fourth-order valence-electron chi connectivity index (χ4n) is 3.90. The van der Waals surface area contributed by atoms with E-state index in [-0.39, 0.29) is 5.75 Å². The first kappa shape index (κ1) is 18.8. The number of phenols is 2. The highest BCUT2D eigenvalue weighted by molar-refractivity contribution is 5.85. The molecule has 2 heteroatoms. The maximum absolute atomic E-state index is 10.7. The largest absolute Gasteiger partial charge is 0.507 e. The molecule has 0 aromatic heterocycles. The SMILES string of the molecule is CCCc1c(-c2ccc(O)c(-c3ccccc3)c2)ccc(O)c1-c1ccccc1. The van der Waals surface area contributed by atoms with Gasteiger partial charge in [0, 0.05) is 11.1 Å². The van der Waals surface area contributed by atoms with Crippen molar-refractivity contribution in [3.8, 4) is 44.9 Å². The van der Waals surface area contributed by atoms with Crippen LogP contribution in [0, 0.1) is 0 Å². The maximum Gasteiger partial charge on any atom is 0.123 e. The summed E-state index contributed by atoms with van der Waals surface area (Å²) < 4.78 is 0. The van der Waals surface area contributed by atoms with Crippen molar-refractivity contribution in [2.45, 2.75) is 19.8 Å². The van der Waals surface area contributed by atoms with E-state index in [9.17, 15) is 10.2 Å². The van der Waals surface area contributed by atoms with Crippen molar-refractivity contribution in [2.24, 2.45) is 0 Å². The molecule has 0 aliphatic heterocycles. The van der Waals surface area contributed by atoms with Crippen LogP contribution < -0.4 is 0 Å². The number of benzene rings is 4. The third-order valence-corrected chi connectivity index (χ3v) is 5.25. The molecule has 29 heavy (non-hydrogen) atoms. The van der Waals surface area contributed by atoms with Crippen LogP contribution in [0.1, 0.15) is 18.9 Å². The number of hydrogen-bond donors (Lipinski definition) is 2. The Bertz CT molecular complexity index is 1120. The fourth-order valence-corrected chi connectivity index (χ4v) is 3.90. The zero-order valence-electron chi connectivity index (χ0n) is 16.5. The molecule has 144 valence electrons. The lowest BCUT2D eigenvalue weighted by atomic mass is 9.87. The third-order valence-electron chi connectivity index (χ3n) is 5.25. The van der Waals surface area contributed by atoms with E-state index in [4.69, 9.17) is 0 Å². The highest BCUT2D eigenvalue weighted by atomic mass is 16.3.